The van der Waals surface area contributed by atoms with Crippen LogP contribution in [0.15, 0.2) is 29.1 Å². The number of aliphatic hydroxyl groups is 1. The monoisotopic (exact) mass is 123 g/mol. The van der Waals surface area contributed by atoms with E-state index in [1.54, 1.807) is 6.08 Å². The molecule has 9 heavy (non-hydrogen) atoms. The molecule has 0 atom stereocenters. The van der Waals surface area contributed by atoms with Crippen LogP contribution < -0.4 is 0 Å². The SMILES string of the molecule is CC1=NC=C(O)C=CC1. The molecule has 0 spiro atoms. The second-order valence-corrected chi connectivity index (χ2v) is 2.02. The minimum Gasteiger partial charge on any atom is -0.506 e. The third-order valence-electron chi connectivity index (χ3n) is 1.12. The van der Waals surface area contributed by atoms with Gasteiger partial charge in [-0.15, -0.1) is 0 Å². The van der Waals surface area contributed by atoms with Crippen LogP contribution in [0, 0.1) is 0 Å². The van der Waals surface area contributed by atoms with Crippen molar-refractivity contribution in [3.05, 3.63) is 24.1 Å². The van der Waals surface area contributed by atoms with Crippen molar-refractivity contribution in [3.63, 3.8) is 0 Å². The molecule has 0 amide bonds. The van der Waals surface area contributed by atoms with Gasteiger partial charge in [0, 0.05) is 12.1 Å². The van der Waals surface area contributed by atoms with Crippen LogP contribution in [0.2, 0.25) is 0 Å². The summed E-state index contributed by atoms with van der Waals surface area (Å²) in [6.45, 7) is 1.93. The summed E-state index contributed by atoms with van der Waals surface area (Å²) in [6, 6.07) is 0. The van der Waals surface area contributed by atoms with Gasteiger partial charge >= 0.3 is 0 Å². The van der Waals surface area contributed by atoms with E-state index in [2.05, 4.69) is 4.99 Å². The summed E-state index contributed by atoms with van der Waals surface area (Å²) in [5.41, 5.74) is 1.02. The zero-order valence-corrected chi connectivity index (χ0v) is 5.33. The van der Waals surface area contributed by atoms with Crippen LogP contribution in [-0.2, 0) is 0 Å². The first kappa shape index (κ1) is 6.08. The van der Waals surface area contributed by atoms with Crippen LogP contribution in [-0.4, -0.2) is 10.8 Å². The number of hydrogen-bond acceptors (Lipinski definition) is 2. The van der Waals surface area contributed by atoms with Gasteiger partial charge in [0.15, 0.2) is 0 Å². The van der Waals surface area contributed by atoms with Gasteiger partial charge in [-0.1, -0.05) is 6.08 Å². The van der Waals surface area contributed by atoms with Crippen LogP contribution >= 0.6 is 0 Å². The van der Waals surface area contributed by atoms with Gasteiger partial charge in [0.1, 0.15) is 5.76 Å². The molecule has 0 aromatic carbocycles. The Labute approximate surface area is 54.2 Å². The summed E-state index contributed by atoms with van der Waals surface area (Å²) in [5, 5.41) is 8.87. The first-order chi connectivity index (χ1) is 4.29. The van der Waals surface area contributed by atoms with Gasteiger partial charge in [-0.05, 0) is 13.0 Å². The van der Waals surface area contributed by atoms with Gasteiger partial charge in [0.2, 0.25) is 0 Å². The number of allylic oxidation sites excluding steroid dienone is 2. The van der Waals surface area contributed by atoms with Crippen molar-refractivity contribution in [3.8, 4) is 0 Å². The molecular weight excluding hydrogens is 114 g/mol. The van der Waals surface area contributed by atoms with E-state index in [0.717, 1.165) is 12.1 Å². The molecule has 0 aromatic heterocycles. The molecular formula is C7H9NO. The molecule has 0 aromatic rings. The number of hydrogen-bond donors (Lipinski definition) is 1. The van der Waals surface area contributed by atoms with Crippen molar-refractivity contribution in [2.45, 2.75) is 13.3 Å². The third-order valence-corrected chi connectivity index (χ3v) is 1.12. The minimum absolute atomic E-state index is 0.229. The third kappa shape index (κ3) is 1.72. The van der Waals surface area contributed by atoms with E-state index in [1.807, 2.05) is 13.0 Å². The maximum atomic E-state index is 8.87. The lowest BCUT2D eigenvalue weighted by Crippen LogP contribution is -1.83. The number of aliphatic imine (C=N–C) groups is 1. The quantitative estimate of drug-likeness (QED) is 0.523. The summed E-state index contributed by atoms with van der Waals surface area (Å²) in [5.74, 6) is 0.229. The van der Waals surface area contributed by atoms with Gasteiger partial charge in [0.25, 0.3) is 0 Å². The molecule has 0 saturated heterocycles. The van der Waals surface area contributed by atoms with E-state index in [9.17, 15) is 0 Å². The molecule has 1 rings (SSSR count). The smallest absolute Gasteiger partial charge is 0.133 e. The summed E-state index contributed by atoms with van der Waals surface area (Å²) < 4.78 is 0. The van der Waals surface area contributed by atoms with E-state index in [1.165, 1.54) is 6.20 Å². The number of nitrogens with zero attached hydrogens (tertiary/aromatic N) is 1. The van der Waals surface area contributed by atoms with Crippen LogP contribution in [0.4, 0.5) is 0 Å². The van der Waals surface area contributed by atoms with Crippen molar-refractivity contribution in [2.75, 3.05) is 0 Å². The molecule has 0 bridgehead atoms. The van der Waals surface area contributed by atoms with E-state index in [-0.39, 0.29) is 5.76 Å². The van der Waals surface area contributed by atoms with E-state index < -0.39 is 0 Å². The molecule has 1 N–H and O–H groups in total. The lowest BCUT2D eigenvalue weighted by atomic mass is 10.3. The van der Waals surface area contributed by atoms with Gasteiger partial charge in [0.05, 0.1) is 6.20 Å². The molecule has 0 aliphatic carbocycles. The lowest BCUT2D eigenvalue weighted by molar-refractivity contribution is 0.431. The molecule has 1 aliphatic heterocycles. The Morgan fingerprint density at radius 2 is 2.44 bits per heavy atom. The van der Waals surface area contributed by atoms with Gasteiger partial charge in [-0.3, -0.25) is 4.99 Å². The summed E-state index contributed by atoms with van der Waals surface area (Å²) in [4.78, 5) is 3.95. The Balaban J connectivity index is 2.80. The predicted molar refractivity (Wildman–Crippen MR) is 37.6 cm³/mol. The molecule has 1 aliphatic rings. The first-order valence-corrected chi connectivity index (χ1v) is 2.88. The highest BCUT2D eigenvalue weighted by Gasteiger charge is 1.91. The van der Waals surface area contributed by atoms with Crippen LogP contribution in [0.5, 0.6) is 0 Å². The Hall–Kier alpha value is -1.05. The molecule has 1 heterocycles. The van der Waals surface area contributed by atoms with Crippen molar-refractivity contribution in [2.24, 2.45) is 4.99 Å². The highest BCUT2D eigenvalue weighted by Crippen LogP contribution is 2.00. The summed E-state index contributed by atoms with van der Waals surface area (Å²) in [6.07, 6.45) is 5.83. The molecule has 0 unspecified atom stereocenters. The van der Waals surface area contributed by atoms with E-state index in [0.29, 0.717) is 0 Å². The lowest BCUT2D eigenvalue weighted by Gasteiger charge is -1.85. The Morgan fingerprint density at radius 3 is 3.22 bits per heavy atom. The highest BCUT2D eigenvalue weighted by atomic mass is 16.3. The van der Waals surface area contributed by atoms with Crippen molar-refractivity contribution < 1.29 is 5.11 Å². The maximum Gasteiger partial charge on any atom is 0.133 e. The standard InChI is InChI=1S/C7H9NO/c1-6-3-2-4-7(9)5-8-6/h2,4-5,9H,3H2,1H3. The molecule has 2 nitrogen and oxygen atoms in total. The van der Waals surface area contributed by atoms with Crippen molar-refractivity contribution in [1.29, 1.82) is 0 Å². The van der Waals surface area contributed by atoms with Gasteiger partial charge < -0.3 is 5.11 Å². The van der Waals surface area contributed by atoms with Gasteiger partial charge in [-0.2, -0.15) is 0 Å². The molecule has 2 heteroatoms. The average Bonchev–Trinajstić information content (AvgIpc) is 1.97. The zero-order chi connectivity index (χ0) is 6.69. The Bertz CT molecular complexity index is 189. The molecule has 0 saturated carbocycles. The fourth-order valence-corrected chi connectivity index (χ4v) is 0.622. The topological polar surface area (TPSA) is 32.6 Å². The minimum atomic E-state index is 0.229. The van der Waals surface area contributed by atoms with E-state index in [4.69, 9.17) is 5.11 Å². The van der Waals surface area contributed by atoms with Crippen molar-refractivity contribution >= 4 is 5.71 Å². The van der Waals surface area contributed by atoms with Gasteiger partial charge in [-0.25, -0.2) is 0 Å². The van der Waals surface area contributed by atoms with Crippen LogP contribution in [0.1, 0.15) is 13.3 Å². The molecule has 0 fully saturated rings. The Morgan fingerprint density at radius 1 is 1.67 bits per heavy atom. The number of rotatable bonds is 0. The second kappa shape index (κ2) is 2.49. The first-order valence-electron chi connectivity index (χ1n) is 2.88. The number of aliphatic hydroxyl groups excluding tert-OH is 1. The van der Waals surface area contributed by atoms with Crippen molar-refractivity contribution in [1.82, 2.24) is 0 Å². The molecule has 48 valence electrons. The normalized spacial score (nSPS) is 18.3. The second-order valence-electron chi connectivity index (χ2n) is 2.02. The molecule has 0 radical (unpaired) electrons. The predicted octanol–water partition coefficient (Wildman–Crippen LogP) is 1.81. The fraction of sp³-hybridized carbons (Fsp3) is 0.286. The highest BCUT2D eigenvalue weighted by molar-refractivity contribution is 5.84. The maximum absolute atomic E-state index is 8.87. The van der Waals surface area contributed by atoms with Crippen LogP contribution in [0.3, 0.4) is 0 Å². The van der Waals surface area contributed by atoms with Crippen LogP contribution in [0.25, 0.3) is 0 Å². The zero-order valence-electron chi connectivity index (χ0n) is 5.33. The Kier molecular flexibility index (Phi) is 1.68. The van der Waals surface area contributed by atoms with E-state index >= 15 is 0 Å². The summed E-state index contributed by atoms with van der Waals surface area (Å²) >= 11 is 0. The fourth-order valence-electron chi connectivity index (χ4n) is 0.622. The largest absolute Gasteiger partial charge is 0.506 e. The average molecular weight is 123 g/mol. The summed E-state index contributed by atoms with van der Waals surface area (Å²) in [7, 11) is 0.